The van der Waals surface area contributed by atoms with E-state index in [-0.39, 0.29) is 23.3 Å². The fraction of sp³-hybridized carbons (Fsp3) is 0.318. The van der Waals surface area contributed by atoms with Gasteiger partial charge in [0.05, 0.1) is 29.5 Å². The lowest BCUT2D eigenvalue weighted by Crippen LogP contribution is -2.46. The number of aryl methyl sites for hydroxylation is 2. The summed E-state index contributed by atoms with van der Waals surface area (Å²) in [6.45, 7) is 3.54. The normalized spacial score (nSPS) is 14.5. The molecule has 0 spiro atoms. The third kappa shape index (κ3) is 4.85. The highest BCUT2D eigenvalue weighted by Crippen LogP contribution is 2.27. The molecule has 1 aliphatic rings. The molecule has 2 aromatic heterocycles. The topological polar surface area (TPSA) is 99.4 Å². The van der Waals surface area contributed by atoms with Crippen LogP contribution >= 0.6 is 11.6 Å². The van der Waals surface area contributed by atoms with E-state index in [4.69, 9.17) is 11.6 Å². The minimum atomic E-state index is -5.47. The molecule has 9 nitrogen and oxygen atoms in total. The van der Waals surface area contributed by atoms with E-state index in [0.29, 0.717) is 40.5 Å². The van der Waals surface area contributed by atoms with Gasteiger partial charge in [-0.15, -0.1) is 0 Å². The fourth-order valence-corrected chi connectivity index (χ4v) is 4.59. The van der Waals surface area contributed by atoms with Crippen molar-refractivity contribution in [3.05, 3.63) is 64.1 Å². The summed E-state index contributed by atoms with van der Waals surface area (Å²) < 4.78 is 63.0. The van der Waals surface area contributed by atoms with Crippen molar-refractivity contribution in [1.29, 1.82) is 0 Å². The van der Waals surface area contributed by atoms with Gasteiger partial charge < -0.3 is 5.32 Å². The number of hydrazone groups is 1. The molecule has 0 saturated carbocycles. The Hall–Kier alpha value is -3.32. The fourth-order valence-electron chi connectivity index (χ4n) is 3.69. The van der Waals surface area contributed by atoms with E-state index in [1.165, 1.54) is 5.01 Å². The number of nitrogens with zero attached hydrogens (tertiary/aromatic N) is 5. The largest absolute Gasteiger partial charge is 0.516 e. The Labute approximate surface area is 210 Å². The Bertz CT molecular complexity index is 1440. The second-order valence-corrected chi connectivity index (χ2v) is 10.3. The Morgan fingerprint density at radius 3 is 2.47 bits per heavy atom. The molecule has 14 heteroatoms. The number of sulfonamides is 1. The van der Waals surface area contributed by atoms with E-state index in [0.717, 1.165) is 11.1 Å². The smallest absolute Gasteiger partial charge is 0.347 e. The molecule has 192 valence electrons. The Morgan fingerprint density at radius 1 is 1.19 bits per heavy atom. The summed E-state index contributed by atoms with van der Waals surface area (Å²) >= 11 is 6.24. The van der Waals surface area contributed by atoms with Crippen LogP contribution in [0, 0.1) is 6.92 Å². The predicted octanol–water partition coefficient (Wildman–Crippen LogP) is 3.70. The molecular weight excluding hydrogens is 521 g/mol. The van der Waals surface area contributed by atoms with Gasteiger partial charge in [-0.3, -0.25) is 14.2 Å². The number of nitrogens with one attached hydrogen (secondary N) is 1. The molecule has 4 rings (SSSR count). The predicted molar refractivity (Wildman–Crippen MR) is 129 cm³/mol. The third-order valence-corrected chi connectivity index (χ3v) is 7.54. The molecule has 1 aliphatic heterocycles. The molecule has 36 heavy (non-hydrogen) atoms. The average molecular weight is 543 g/mol. The van der Waals surface area contributed by atoms with Gasteiger partial charge in [0.2, 0.25) is 0 Å². The highest BCUT2D eigenvalue weighted by Gasteiger charge is 2.50. The molecule has 1 amide bonds. The number of carbonyl (C=O) groups excluding carboxylic acids is 1. The van der Waals surface area contributed by atoms with Gasteiger partial charge in [0.15, 0.2) is 0 Å². The number of halogens is 4. The zero-order chi connectivity index (χ0) is 26.3. The zero-order valence-corrected chi connectivity index (χ0v) is 20.8. The molecule has 0 aliphatic carbocycles. The van der Waals surface area contributed by atoms with Gasteiger partial charge in [-0.1, -0.05) is 30.7 Å². The number of imidazole rings is 1. The summed E-state index contributed by atoms with van der Waals surface area (Å²) in [5.74, 6) is -0.310. The van der Waals surface area contributed by atoms with Gasteiger partial charge in [-0.25, -0.2) is 9.29 Å². The molecule has 0 atom stereocenters. The van der Waals surface area contributed by atoms with E-state index in [1.54, 1.807) is 34.9 Å². The van der Waals surface area contributed by atoms with E-state index >= 15 is 0 Å². The van der Waals surface area contributed by atoms with Crippen molar-refractivity contribution in [1.82, 2.24) is 19.0 Å². The number of hydrogen-bond donors (Lipinski definition) is 1. The van der Waals surface area contributed by atoms with E-state index in [1.807, 2.05) is 19.9 Å². The Morgan fingerprint density at radius 2 is 1.89 bits per heavy atom. The van der Waals surface area contributed by atoms with Gasteiger partial charge >= 0.3 is 15.5 Å². The van der Waals surface area contributed by atoms with Crippen LogP contribution in [0.4, 0.5) is 18.9 Å². The minimum absolute atomic E-state index is 0.0575. The maximum Gasteiger partial charge on any atom is 0.516 e. The quantitative estimate of drug-likeness (QED) is 0.512. The van der Waals surface area contributed by atoms with Crippen LogP contribution in [0.1, 0.15) is 34.2 Å². The number of pyridine rings is 1. The first kappa shape index (κ1) is 25.8. The van der Waals surface area contributed by atoms with Crippen molar-refractivity contribution in [2.45, 2.75) is 32.3 Å². The van der Waals surface area contributed by atoms with Crippen molar-refractivity contribution < 1.29 is 26.4 Å². The lowest BCUT2D eigenvalue weighted by Gasteiger charge is -2.29. The standard InChI is InChI=1S/C22H22ClF3N6O3S/c1-3-18-20(31-12-17(23)14(2)10-19(31)29-18)21(33)27-11-15-4-6-16(7-5-15)32-9-8-30(13-28-32)36(34,35)22(24,25)26/h4-7,10,12-13H,3,8-9,11H2,1-2H3,(H,27,33). The van der Waals surface area contributed by atoms with Gasteiger partial charge in [-0.2, -0.15) is 26.7 Å². The van der Waals surface area contributed by atoms with Crippen molar-refractivity contribution in [2.24, 2.45) is 5.10 Å². The second-order valence-electron chi connectivity index (χ2n) is 8.06. The first-order valence-corrected chi connectivity index (χ1v) is 12.7. The number of hydrogen-bond acceptors (Lipinski definition) is 6. The molecular formula is C22H22ClF3N6O3S. The lowest BCUT2D eigenvalue weighted by molar-refractivity contribution is -0.0471. The molecule has 0 unspecified atom stereocenters. The van der Waals surface area contributed by atoms with Crippen molar-refractivity contribution in [3.8, 4) is 0 Å². The Balaban J connectivity index is 1.43. The highest BCUT2D eigenvalue weighted by molar-refractivity contribution is 7.90. The number of anilines is 1. The summed E-state index contributed by atoms with van der Waals surface area (Å²) in [6.07, 6.45) is 2.88. The van der Waals surface area contributed by atoms with Gasteiger partial charge in [-0.05, 0) is 42.7 Å². The van der Waals surface area contributed by atoms with Crippen LogP contribution in [0.15, 0.2) is 41.6 Å². The van der Waals surface area contributed by atoms with Crippen LogP contribution in [-0.4, -0.2) is 53.0 Å². The first-order chi connectivity index (χ1) is 16.9. The second kappa shape index (κ2) is 9.62. The lowest BCUT2D eigenvalue weighted by atomic mass is 10.2. The number of benzene rings is 1. The van der Waals surface area contributed by atoms with Crippen LogP contribution in [0.3, 0.4) is 0 Å². The molecule has 0 fully saturated rings. The average Bonchev–Trinajstić information content (AvgIpc) is 3.19. The SMILES string of the molecule is CCc1nc2cc(C)c(Cl)cn2c1C(=O)NCc1ccc(N2CCN(S(=O)(=O)C(F)(F)F)C=N2)cc1. The van der Waals surface area contributed by atoms with Gasteiger partial charge in [0.25, 0.3) is 5.91 Å². The van der Waals surface area contributed by atoms with E-state index in [9.17, 15) is 26.4 Å². The number of fused-ring (bicyclic) bond motifs is 1. The van der Waals surface area contributed by atoms with Gasteiger partial charge in [0, 0.05) is 12.7 Å². The molecule has 3 heterocycles. The number of aromatic nitrogens is 2. The van der Waals surface area contributed by atoms with E-state index in [2.05, 4.69) is 15.4 Å². The van der Waals surface area contributed by atoms with E-state index < -0.39 is 22.1 Å². The summed E-state index contributed by atoms with van der Waals surface area (Å²) in [5.41, 5.74) is -1.51. The number of rotatable bonds is 6. The number of carbonyl (C=O) groups is 1. The summed E-state index contributed by atoms with van der Waals surface area (Å²) in [7, 11) is -5.47. The first-order valence-electron chi connectivity index (χ1n) is 10.9. The van der Waals surface area contributed by atoms with Crippen LogP contribution in [-0.2, 0) is 23.0 Å². The Kier molecular flexibility index (Phi) is 6.88. The maximum absolute atomic E-state index is 13.0. The third-order valence-electron chi connectivity index (χ3n) is 5.67. The molecule has 3 aromatic rings. The van der Waals surface area contributed by atoms with Crippen LogP contribution < -0.4 is 10.3 Å². The van der Waals surface area contributed by atoms with Crippen molar-refractivity contribution >= 4 is 45.2 Å². The molecule has 0 bridgehead atoms. The zero-order valence-electron chi connectivity index (χ0n) is 19.3. The van der Waals surface area contributed by atoms with Crippen molar-refractivity contribution in [3.63, 3.8) is 0 Å². The number of amides is 1. The summed E-state index contributed by atoms with van der Waals surface area (Å²) in [5, 5.41) is 8.61. The minimum Gasteiger partial charge on any atom is -0.347 e. The monoisotopic (exact) mass is 542 g/mol. The van der Waals surface area contributed by atoms with Crippen LogP contribution in [0.5, 0.6) is 0 Å². The summed E-state index contributed by atoms with van der Waals surface area (Å²) in [4.78, 5) is 17.5. The highest BCUT2D eigenvalue weighted by atomic mass is 35.5. The van der Waals surface area contributed by atoms with Crippen LogP contribution in [0.2, 0.25) is 5.02 Å². The molecule has 1 aromatic carbocycles. The van der Waals surface area contributed by atoms with Crippen LogP contribution in [0.25, 0.3) is 5.65 Å². The van der Waals surface area contributed by atoms with Gasteiger partial charge in [0.1, 0.15) is 17.7 Å². The maximum atomic E-state index is 13.0. The molecule has 0 saturated heterocycles. The number of alkyl halides is 3. The molecule has 0 radical (unpaired) electrons. The summed E-state index contributed by atoms with van der Waals surface area (Å²) in [6, 6.07) is 8.65. The molecule has 1 N–H and O–H groups in total. The van der Waals surface area contributed by atoms with Crippen molar-refractivity contribution in [2.75, 3.05) is 18.1 Å².